The van der Waals surface area contributed by atoms with E-state index >= 15 is 0 Å². The minimum atomic E-state index is -4.82. The number of nitrogens with zero attached hydrogens (tertiary/aromatic N) is 3. The molecule has 1 saturated heterocycles. The van der Waals surface area contributed by atoms with Crippen LogP contribution < -0.4 is 0 Å². The molecule has 0 aliphatic carbocycles. The molecule has 1 aliphatic rings. The second-order valence-electron chi connectivity index (χ2n) is 6.63. The molecule has 3 rings (SSSR count). The number of hydrogen-bond acceptors (Lipinski definition) is 4. The van der Waals surface area contributed by atoms with Crippen LogP contribution in [0.3, 0.4) is 0 Å². The highest BCUT2D eigenvalue weighted by molar-refractivity contribution is 5.94. The van der Waals surface area contributed by atoms with Gasteiger partial charge >= 0.3 is 12.1 Å². The molecule has 2 aromatic rings. The summed E-state index contributed by atoms with van der Waals surface area (Å²) < 4.78 is 46.0. The maximum Gasteiger partial charge on any atom is 0.434 e. The molecule has 1 aromatic heterocycles. The second-order valence-corrected chi connectivity index (χ2v) is 6.63. The van der Waals surface area contributed by atoms with Crippen LogP contribution in [-0.4, -0.2) is 46.3 Å². The number of ether oxygens (including phenoxy) is 1. The van der Waals surface area contributed by atoms with Crippen molar-refractivity contribution in [2.24, 2.45) is 0 Å². The molecule has 6 nitrogen and oxygen atoms in total. The first kappa shape index (κ1) is 20.6. The number of halogens is 3. The summed E-state index contributed by atoms with van der Waals surface area (Å²) in [5.41, 5.74) is -0.332. The Balaban J connectivity index is 1.89. The quantitative estimate of drug-likeness (QED) is 0.570. The van der Waals surface area contributed by atoms with E-state index in [1.165, 1.54) is 31.2 Å². The van der Waals surface area contributed by atoms with Gasteiger partial charge in [-0.2, -0.15) is 18.3 Å². The Morgan fingerprint density at radius 1 is 1.17 bits per heavy atom. The van der Waals surface area contributed by atoms with E-state index in [4.69, 9.17) is 0 Å². The highest BCUT2D eigenvalue weighted by Gasteiger charge is 2.41. The number of aromatic nitrogens is 2. The zero-order chi connectivity index (χ0) is 21.2. The Labute approximate surface area is 165 Å². The molecule has 0 N–H and O–H groups in total. The van der Waals surface area contributed by atoms with Crippen molar-refractivity contribution in [3.63, 3.8) is 0 Å². The largest absolute Gasteiger partial charge is 0.462 e. The van der Waals surface area contributed by atoms with Crippen LogP contribution in [0.25, 0.3) is 5.69 Å². The van der Waals surface area contributed by atoms with E-state index in [2.05, 4.69) is 16.4 Å². The molecule has 0 radical (unpaired) electrons. The fourth-order valence-corrected chi connectivity index (χ4v) is 3.13. The van der Waals surface area contributed by atoms with Crippen LogP contribution in [0, 0.1) is 0 Å². The van der Waals surface area contributed by atoms with Crippen LogP contribution in [0.4, 0.5) is 13.2 Å². The predicted molar refractivity (Wildman–Crippen MR) is 98.8 cm³/mol. The summed E-state index contributed by atoms with van der Waals surface area (Å²) in [4.78, 5) is 26.1. The van der Waals surface area contributed by atoms with Gasteiger partial charge in [-0.25, -0.2) is 9.48 Å². The first-order valence-electron chi connectivity index (χ1n) is 9.11. The van der Waals surface area contributed by atoms with Gasteiger partial charge in [-0.05, 0) is 44.0 Å². The zero-order valence-corrected chi connectivity index (χ0v) is 15.8. The van der Waals surface area contributed by atoms with Gasteiger partial charge in [0.1, 0.15) is 5.56 Å². The number of carbonyl (C=O) groups excluding carboxylic acids is 2. The van der Waals surface area contributed by atoms with Gasteiger partial charge in [0, 0.05) is 18.7 Å². The lowest BCUT2D eigenvalue weighted by atomic mass is 10.0. The van der Waals surface area contributed by atoms with E-state index < -0.39 is 23.4 Å². The summed E-state index contributed by atoms with van der Waals surface area (Å²) in [5, 5.41) is 3.72. The van der Waals surface area contributed by atoms with Crippen molar-refractivity contribution in [3.8, 4) is 5.69 Å². The number of alkyl halides is 3. The molecule has 0 saturated carbocycles. The molecule has 1 aliphatic heterocycles. The van der Waals surface area contributed by atoms with Crippen LogP contribution in [-0.2, 0) is 10.9 Å². The molecular formula is C20H20F3N3O3. The summed E-state index contributed by atoms with van der Waals surface area (Å²) in [5.74, 6) is -1.28. The van der Waals surface area contributed by atoms with Gasteiger partial charge in [-0.15, -0.1) is 0 Å². The van der Waals surface area contributed by atoms with Gasteiger partial charge in [0.05, 0.1) is 18.5 Å². The SMILES string of the molecule is C=C1CCN(C(=O)c2ccc(-n3ncc(C(=O)OCC)c3C(F)(F)F)cc2)CC1. The fourth-order valence-electron chi connectivity index (χ4n) is 3.13. The second kappa shape index (κ2) is 8.10. The average molecular weight is 407 g/mol. The van der Waals surface area contributed by atoms with Crippen molar-refractivity contribution in [2.75, 3.05) is 19.7 Å². The van der Waals surface area contributed by atoms with Crippen molar-refractivity contribution < 1.29 is 27.5 Å². The summed E-state index contributed by atoms with van der Waals surface area (Å²) >= 11 is 0. The van der Waals surface area contributed by atoms with Crippen LogP contribution >= 0.6 is 0 Å². The van der Waals surface area contributed by atoms with Gasteiger partial charge in [-0.3, -0.25) is 4.79 Å². The fraction of sp³-hybridized carbons (Fsp3) is 0.350. The minimum Gasteiger partial charge on any atom is -0.462 e. The van der Waals surface area contributed by atoms with Crippen molar-refractivity contribution in [1.29, 1.82) is 0 Å². The topological polar surface area (TPSA) is 64.4 Å². The maximum atomic E-state index is 13.6. The van der Waals surface area contributed by atoms with Crippen molar-refractivity contribution in [2.45, 2.75) is 25.9 Å². The van der Waals surface area contributed by atoms with Gasteiger partial charge in [0.2, 0.25) is 0 Å². The molecule has 0 atom stereocenters. The lowest BCUT2D eigenvalue weighted by Crippen LogP contribution is -2.36. The highest BCUT2D eigenvalue weighted by Crippen LogP contribution is 2.34. The number of carbonyl (C=O) groups is 2. The molecule has 1 aromatic carbocycles. The lowest BCUT2D eigenvalue weighted by Gasteiger charge is -2.28. The Kier molecular flexibility index (Phi) is 5.76. The van der Waals surface area contributed by atoms with E-state index in [1.54, 1.807) is 4.90 Å². The third kappa shape index (κ3) is 4.33. The number of esters is 1. The summed E-state index contributed by atoms with van der Waals surface area (Å²) in [7, 11) is 0. The molecule has 9 heteroatoms. The van der Waals surface area contributed by atoms with E-state index in [0.717, 1.165) is 24.6 Å². The number of amides is 1. The Morgan fingerprint density at radius 3 is 2.34 bits per heavy atom. The van der Waals surface area contributed by atoms with Crippen LogP contribution in [0.15, 0.2) is 42.6 Å². The molecular weight excluding hydrogens is 387 g/mol. The van der Waals surface area contributed by atoms with Crippen LogP contribution in [0.2, 0.25) is 0 Å². The number of piperidine rings is 1. The maximum absolute atomic E-state index is 13.6. The number of likely N-dealkylation sites (tertiary alicyclic amines) is 1. The van der Waals surface area contributed by atoms with Gasteiger partial charge in [0.25, 0.3) is 5.91 Å². The third-order valence-corrected chi connectivity index (χ3v) is 4.65. The monoisotopic (exact) mass is 407 g/mol. The highest BCUT2D eigenvalue weighted by atomic mass is 19.4. The molecule has 154 valence electrons. The van der Waals surface area contributed by atoms with Crippen LogP contribution in [0.5, 0.6) is 0 Å². The average Bonchev–Trinajstić information content (AvgIpc) is 3.14. The Bertz CT molecular complexity index is 923. The molecule has 0 spiro atoms. The predicted octanol–water partition coefficient (Wildman–Crippen LogP) is 3.86. The summed E-state index contributed by atoms with van der Waals surface area (Å²) in [6.07, 6.45) is -2.50. The normalized spacial score (nSPS) is 14.8. The smallest absolute Gasteiger partial charge is 0.434 e. The number of hydrogen-bond donors (Lipinski definition) is 0. The van der Waals surface area contributed by atoms with E-state index in [1.807, 2.05) is 0 Å². The Hall–Kier alpha value is -3.10. The molecule has 29 heavy (non-hydrogen) atoms. The standard InChI is InChI=1S/C20H20F3N3O3/c1-3-29-19(28)16-12-24-26(17(16)20(21,22)23)15-6-4-14(5-7-15)18(27)25-10-8-13(2)9-11-25/h4-7,12H,2-3,8-11H2,1H3. The zero-order valence-electron chi connectivity index (χ0n) is 15.8. The van der Waals surface area contributed by atoms with Crippen molar-refractivity contribution >= 4 is 11.9 Å². The van der Waals surface area contributed by atoms with Crippen molar-refractivity contribution in [3.05, 3.63) is 59.4 Å². The summed E-state index contributed by atoms with van der Waals surface area (Å²) in [6, 6.07) is 5.64. The molecule has 0 unspecified atom stereocenters. The molecule has 0 bridgehead atoms. The van der Waals surface area contributed by atoms with Gasteiger partial charge < -0.3 is 9.64 Å². The summed E-state index contributed by atoms with van der Waals surface area (Å²) in [6.45, 7) is 6.50. The molecule has 2 heterocycles. The number of benzene rings is 1. The van der Waals surface area contributed by atoms with Crippen molar-refractivity contribution in [1.82, 2.24) is 14.7 Å². The first-order valence-corrected chi connectivity index (χ1v) is 9.11. The molecule has 1 amide bonds. The van der Waals surface area contributed by atoms with E-state index in [9.17, 15) is 22.8 Å². The number of rotatable bonds is 4. The Morgan fingerprint density at radius 2 is 1.79 bits per heavy atom. The third-order valence-electron chi connectivity index (χ3n) is 4.65. The van der Waals surface area contributed by atoms with Crippen LogP contribution in [0.1, 0.15) is 46.2 Å². The molecule has 1 fully saturated rings. The minimum absolute atomic E-state index is 0.0536. The van der Waals surface area contributed by atoms with Gasteiger partial charge in [0.15, 0.2) is 5.69 Å². The van der Waals surface area contributed by atoms with Gasteiger partial charge in [-0.1, -0.05) is 12.2 Å². The lowest BCUT2D eigenvalue weighted by molar-refractivity contribution is -0.143. The van der Waals surface area contributed by atoms with E-state index in [-0.39, 0.29) is 18.2 Å². The first-order chi connectivity index (χ1) is 13.7. The van der Waals surface area contributed by atoms with E-state index in [0.29, 0.717) is 23.3 Å².